The van der Waals surface area contributed by atoms with E-state index in [-0.39, 0.29) is 11.7 Å². The Labute approximate surface area is 159 Å². The van der Waals surface area contributed by atoms with Crippen LogP contribution in [0.15, 0.2) is 57.4 Å². The topological polar surface area (TPSA) is 59.8 Å². The number of hydrogen-bond acceptors (Lipinski definition) is 4. The summed E-state index contributed by atoms with van der Waals surface area (Å²) in [5.74, 6) is -0.863. The van der Waals surface area contributed by atoms with Gasteiger partial charge in [0.25, 0.3) is 5.91 Å². The van der Waals surface area contributed by atoms with E-state index < -0.39 is 12.1 Å². The van der Waals surface area contributed by atoms with Crippen LogP contribution in [0.25, 0.3) is 11.0 Å². The van der Waals surface area contributed by atoms with Crippen LogP contribution in [0.4, 0.5) is 5.69 Å². The summed E-state index contributed by atoms with van der Waals surface area (Å²) in [6.45, 7) is 3.34. The number of ether oxygens (including phenoxy) is 1. The van der Waals surface area contributed by atoms with Gasteiger partial charge in [-0.1, -0.05) is 34.1 Å². The molecule has 0 saturated heterocycles. The minimum Gasteiger partial charge on any atom is -0.449 e. The maximum absolute atomic E-state index is 12.5. The van der Waals surface area contributed by atoms with Gasteiger partial charge in [-0.3, -0.25) is 4.79 Å². The van der Waals surface area contributed by atoms with Gasteiger partial charge in [0, 0.05) is 28.2 Å². The van der Waals surface area contributed by atoms with Crippen LogP contribution in [0.3, 0.4) is 0 Å². The zero-order valence-corrected chi connectivity index (χ0v) is 16.2. The molecule has 0 aliphatic heterocycles. The Morgan fingerprint density at radius 2 is 1.85 bits per heavy atom. The predicted molar refractivity (Wildman–Crippen MR) is 103 cm³/mol. The van der Waals surface area contributed by atoms with Gasteiger partial charge < -0.3 is 14.1 Å². The Hall–Kier alpha value is -2.60. The van der Waals surface area contributed by atoms with Gasteiger partial charge in [-0.2, -0.15) is 0 Å². The van der Waals surface area contributed by atoms with Crippen LogP contribution in [0, 0.1) is 6.92 Å². The molecule has 0 spiro atoms. The van der Waals surface area contributed by atoms with E-state index in [1.54, 1.807) is 27.0 Å². The van der Waals surface area contributed by atoms with Crippen LogP contribution < -0.4 is 4.90 Å². The molecule has 1 heterocycles. The first-order valence-corrected chi connectivity index (χ1v) is 8.90. The van der Waals surface area contributed by atoms with E-state index in [1.165, 1.54) is 4.90 Å². The third kappa shape index (κ3) is 3.51. The van der Waals surface area contributed by atoms with Crippen LogP contribution in [0.5, 0.6) is 0 Å². The normalized spacial score (nSPS) is 12.0. The zero-order valence-electron chi connectivity index (χ0n) is 14.7. The van der Waals surface area contributed by atoms with Crippen molar-refractivity contribution in [1.29, 1.82) is 0 Å². The summed E-state index contributed by atoms with van der Waals surface area (Å²) in [5.41, 5.74) is 2.01. The molecule has 0 bridgehead atoms. The molecule has 0 unspecified atom stereocenters. The molecule has 2 aromatic carbocycles. The second-order valence-corrected chi connectivity index (χ2v) is 6.89. The number of anilines is 1. The lowest BCUT2D eigenvalue weighted by atomic mass is 10.1. The minimum absolute atomic E-state index is 0.111. The van der Waals surface area contributed by atoms with Crippen LogP contribution in [0.2, 0.25) is 0 Å². The molecule has 6 heteroatoms. The van der Waals surface area contributed by atoms with E-state index >= 15 is 0 Å². The molecular formula is C20H18BrNO4. The second-order valence-electron chi connectivity index (χ2n) is 5.98. The predicted octanol–water partition coefficient (Wildman–Crippen LogP) is 4.71. The number of halogens is 1. The quantitative estimate of drug-likeness (QED) is 0.578. The number of carbonyl (C=O) groups excluding carboxylic acids is 2. The largest absolute Gasteiger partial charge is 0.449 e. The molecule has 0 aliphatic rings. The standard InChI is InChI=1S/C20H18BrNO4/c1-12-16-11-14(21)9-10-17(16)26-18(12)20(24)25-13(2)19(23)22(3)15-7-5-4-6-8-15/h4-11,13H,1-3H3/t13-/m0/s1. The minimum atomic E-state index is -0.938. The van der Waals surface area contributed by atoms with Gasteiger partial charge in [-0.25, -0.2) is 4.79 Å². The fourth-order valence-electron chi connectivity index (χ4n) is 2.70. The summed E-state index contributed by atoms with van der Waals surface area (Å²) in [6, 6.07) is 14.7. The first-order valence-electron chi connectivity index (χ1n) is 8.10. The van der Waals surface area contributed by atoms with Gasteiger partial charge in [0.05, 0.1) is 0 Å². The molecule has 3 aromatic rings. The van der Waals surface area contributed by atoms with Crippen molar-refractivity contribution in [2.24, 2.45) is 0 Å². The highest BCUT2D eigenvalue weighted by atomic mass is 79.9. The molecule has 1 aromatic heterocycles. The smallest absolute Gasteiger partial charge is 0.375 e. The van der Waals surface area contributed by atoms with E-state index in [4.69, 9.17) is 9.15 Å². The SMILES string of the molecule is Cc1c(C(=O)O[C@@H](C)C(=O)N(C)c2ccccc2)oc2ccc(Br)cc12. The van der Waals surface area contributed by atoms with Crippen molar-refractivity contribution >= 4 is 44.5 Å². The van der Waals surface area contributed by atoms with Crippen molar-refractivity contribution < 1.29 is 18.7 Å². The van der Waals surface area contributed by atoms with Crippen LogP contribution in [0.1, 0.15) is 23.0 Å². The summed E-state index contributed by atoms with van der Waals surface area (Å²) in [5, 5.41) is 0.826. The van der Waals surface area contributed by atoms with Gasteiger partial charge in [0.15, 0.2) is 6.10 Å². The lowest BCUT2D eigenvalue weighted by molar-refractivity contribution is -0.126. The van der Waals surface area contributed by atoms with Crippen molar-refractivity contribution in [2.45, 2.75) is 20.0 Å². The van der Waals surface area contributed by atoms with Gasteiger partial charge >= 0.3 is 5.97 Å². The highest BCUT2D eigenvalue weighted by molar-refractivity contribution is 9.10. The zero-order chi connectivity index (χ0) is 18.8. The number of aryl methyl sites for hydroxylation is 1. The maximum Gasteiger partial charge on any atom is 0.375 e. The summed E-state index contributed by atoms with van der Waals surface area (Å²) >= 11 is 3.40. The van der Waals surface area contributed by atoms with Crippen molar-refractivity contribution in [3.05, 3.63) is 64.3 Å². The fourth-order valence-corrected chi connectivity index (χ4v) is 3.06. The Kier molecular flexibility index (Phi) is 5.13. The van der Waals surface area contributed by atoms with Crippen LogP contribution in [-0.4, -0.2) is 25.0 Å². The molecule has 1 atom stereocenters. The summed E-state index contributed by atoms with van der Waals surface area (Å²) in [7, 11) is 1.64. The molecule has 0 saturated carbocycles. The lowest BCUT2D eigenvalue weighted by Crippen LogP contribution is -2.37. The van der Waals surface area contributed by atoms with E-state index in [0.29, 0.717) is 11.1 Å². The number of nitrogens with zero attached hydrogens (tertiary/aromatic N) is 1. The number of benzene rings is 2. The molecule has 26 heavy (non-hydrogen) atoms. The van der Waals surface area contributed by atoms with E-state index in [1.807, 2.05) is 42.5 Å². The third-order valence-electron chi connectivity index (χ3n) is 4.19. The van der Waals surface area contributed by atoms with Gasteiger partial charge in [-0.05, 0) is 44.2 Å². The average molecular weight is 416 g/mol. The number of fused-ring (bicyclic) bond motifs is 1. The maximum atomic E-state index is 12.5. The molecule has 0 fully saturated rings. The third-order valence-corrected chi connectivity index (χ3v) is 4.68. The van der Waals surface area contributed by atoms with Crippen LogP contribution >= 0.6 is 15.9 Å². The lowest BCUT2D eigenvalue weighted by Gasteiger charge is -2.21. The number of para-hydroxylation sites is 1. The first-order chi connectivity index (χ1) is 12.4. The molecule has 0 aliphatic carbocycles. The molecule has 0 radical (unpaired) electrons. The average Bonchev–Trinajstić information content (AvgIpc) is 2.97. The van der Waals surface area contributed by atoms with Crippen LogP contribution in [-0.2, 0) is 9.53 Å². The summed E-state index contributed by atoms with van der Waals surface area (Å²) < 4.78 is 11.9. The number of amides is 1. The molecular weight excluding hydrogens is 398 g/mol. The van der Waals surface area contributed by atoms with E-state index in [0.717, 1.165) is 15.5 Å². The second kappa shape index (κ2) is 7.33. The van der Waals surface area contributed by atoms with Gasteiger partial charge in [0.2, 0.25) is 5.76 Å². The van der Waals surface area contributed by atoms with Crippen molar-refractivity contribution in [3.8, 4) is 0 Å². The molecule has 134 valence electrons. The molecule has 5 nitrogen and oxygen atoms in total. The number of likely N-dealkylation sites (N-methyl/N-ethyl adjacent to an activating group) is 1. The van der Waals surface area contributed by atoms with Crippen molar-refractivity contribution in [3.63, 3.8) is 0 Å². The molecule has 0 N–H and O–H groups in total. The summed E-state index contributed by atoms with van der Waals surface area (Å²) in [4.78, 5) is 26.5. The van der Waals surface area contributed by atoms with Gasteiger partial charge in [-0.15, -0.1) is 0 Å². The number of furan rings is 1. The van der Waals surface area contributed by atoms with E-state index in [2.05, 4.69) is 15.9 Å². The molecule has 3 rings (SSSR count). The number of carbonyl (C=O) groups is 2. The highest BCUT2D eigenvalue weighted by Crippen LogP contribution is 2.28. The monoisotopic (exact) mass is 415 g/mol. The highest BCUT2D eigenvalue weighted by Gasteiger charge is 2.26. The Bertz CT molecular complexity index is 965. The fraction of sp³-hybridized carbons (Fsp3) is 0.200. The molecule has 1 amide bonds. The Morgan fingerprint density at radius 1 is 1.15 bits per heavy atom. The number of hydrogen-bond donors (Lipinski definition) is 0. The van der Waals surface area contributed by atoms with E-state index in [9.17, 15) is 9.59 Å². The Balaban J connectivity index is 1.77. The number of rotatable bonds is 4. The van der Waals surface area contributed by atoms with Crippen molar-refractivity contribution in [1.82, 2.24) is 0 Å². The Morgan fingerprint density at radius 3 is 2.54 bits per heavy atom. The van der Waals surface area contributed by atoms with Crippen molar-refractivity contribution in [2.75, 3.05) is 11.9 Å². The number of esters is 1. The summed E-state index contributed by atoms with van der Waals surface area (Å²) in [6.07, 6.45) is -0.938. The first kappa shape index (κ1) is 18.2. The van der Waals surface area contributed by atoms with Gasteiger partial charge in [0.1, 0.15) is 5.58 Å².